The molecule has 1 N–H and O–H groups in total. The molecule has 5 heteroatoms. The van der Waals surface area contributed by atoms with Crippen LogP contribution in [0.25, 0.3) is 10.2 Å². The predicted molar refractivity (Wildman–Crippen MR) is 78.6 cm³/mol. The fourth-order valence-electron chi connectivity index (χ4n) is 1.70. The number of fused-ring (bicyclic) bond motifs is 1. The molecule has 0 unspecified atom stereocenters. The minimum atomic E-state index is -0.138. The van der Waals surface area contributed by atoms with Crippen LogP contribution in [0.4, 0.5) is 5.13 Å². The molecule has 0 saturated carbocycles. The molecular weight excluding hydrogens is 260 g/mol. The van der Waals surface area contributed by atoms with E-state index in [0.717, 1.165) is 23.6 Å². The number of anilines is 1. The molecule has 19 heavy (non-hydrogen) atoms. The topological polar surface area (TPSA) is 51.2 Å². The molecular formula is C14H18N2O2S. The Hall–Kier alpha value is -1.62. The second-order valence-electron chi connectivity index (χ2n) is 4.56. The second kappa shape index (κ2) is 6.52. The van der Waals surface area contributed by atoms with Crippen LogP contribution in [0.5, 0.6) is 0 Å². The minimum absolute atomic E-state index is 0.0373. The van der Waals surface area contributed by atoms with Gasteiger partial charge in [-0.15, -0.1) is 0 Å². The number of hydrogen-bond donors (Lipinski definition) is 1. The van der Waals surface area contributed by atoms with Crippen LogP contribution >= 0.6 is 11.3 Å². The Balaban J connectivity index is 1.75. The van der Waals surface area contributed by atoms with E-state index in [1.165, 1.54) is 4.70 Å². The molecule has 0 radical (unpaired) electrons. The molecule has 2 rings (SSSR count). The lowest BCUT2D eigenvalue weighted by molar-refractivity contribution is -0.147. The third-order valence-corrected chi connectivity index (χ3v) is 3.49. The molecule has 0 bridgehead atoms. The van der Waals surface area contributed by atoms with E-state index in [1.54, 1.807) is 11.3 Å². The summed E-state index contributed by atoms with van der Waals surface area (Å²) >= 11 is 1.63. The van der Waals surface area contributed by atoms with Gasteiger partial charge in [0, 0.05) is 13.0 Å². The number of para-hydroxylation sites is 1. The van der Waals surface area contributed by atoms with Crippen molar-refractivity contribution in [3.63, 3.8) is 0 Å². The van der Waals surface area contributed by atoms with Gasteiger partial charge in [0.05, 0.1) is 16.3 Å². The van der Waals surface area contributed by atoms with Crippen LogP contribution in [-0.4, -0.2) is 23.6 Å². The number of benzene rings is 1. The Morgan fingerprint density at radius 2 is 2.21 bits per heavy atom. The quantitative estimate of drug-likeness (QED) is 0.649. The fraction of sp³-hybridized carbons (Fsp3) is 0.429. The average Bonchev–Trinajstić information content (AvgIpc) is 2.76. The third kappa shape index (κ3) is 4.21. The van der Waals surface area contributed by atoms with Crippen LogP contribution in [-0.2, 0) is 9.53 Å². The highest BCUT2D eigenvalue weighted by atomic mass is 32.1. The number of nitrogens with one attached hydrogen (secondary N) is 1. The molecule has 0 aliphatic carbocycles. The Bertz CT molecular complexity index is 518. The first-order valence-corrected chi connectivity index (χ1v) is 7.26. The predicted octanol–water partition coefficient (Wildman–Crippen LogP) is 3.44. The van der Waals surface area contributed by atoms with Gasteiger partial charge in [-0.2, -0.15) is 0 Å². The van der Waals surface area contributed by atoms with Gasteiger partial charge in [-0.25, -0.2) is 4.98 Å². The third-order valence-electron chi connectivity index (χ3n) is 2.49. The number of thiazole rings is 1. The van der Waals surface area contributed by atoms with Gasteiger partial charge < -0.3 is 10.1 Å². The molecule has 1 aromatic heterocycles. The molecule has 0 fully saturated rings. The van der Waals surface area contributed by atoms with Crippen LogP contribution in [0.2, 0.25) is 0 Å². The summed E-state index contributed by atoms with van der Waals surface area (Å²) in [6.45, 7) is 4.45. The lowest BCUT2D eigenvalue weighted by Crippen LogP contribution is -2.12. The lowest BCUT2D eigenvalue weighted by Gasteiger charge is -2.07. The number of carbonyl (C=O) groups excluding carboxylic acids is 1. The molecule has 102 valence electrons. The number of ether oxygens (including phenoxy) is 1. The zero-order chi connectivity index (χ0) is 13.7. The average molecular weight is 278 g/mol. The summed E-state index contributed by atoms with van der Waals surface area (Å²) in [6, 6.07) is 8.04. The first-order valence-electron chi connectivity index (χ1n) is 6.44. The maximum atomic E-state index is 11.3. The van der Waals surface area contributed by atoms with E-state index in [4.69, 9.17) is 4.74 Å². The number of nitrogens with zero attached hydrogens (tertiary/aromatic N) is 1. The largest absolute Gasteiger partial charge is 0.463 e. The van der Waals surface area contributed by atoms with Gasteiger partial charge in [0.15, 0.2) is 5.13 Å². The summed E-state index contributed by atoms with van der Waals surface area (Å²) < 4.78 is 6.24. The molecule has 0 aliphatic heterocycles. The molecule has 2 aromatic rings. The Morgan fingerprint density at radius 1 is 1.42 bits per heavy atom. The molecule has 0 spiro atoms. The van der Waals surface area contributed by atoms with E-state index >= 15 is 0 Å². The van der Waals surface area contributed by atoms with E-state index in [2.05, 4.69) is 16.4 Å². The zero-order valence-electron chi connectivity index (χ0n) is 11.2. The zero-order valence-corrected chi connectivity index (χ0v) is 12.0. The molecule has 0 aliphatic rings. The maximum Gasteiger partial charge on any atom is 0.306 e. The van der Waals surface area contributed by atoms with E-state index in [0.29, 0.717) is 6.42 Å². The van der Waals surface area contributed by atoms with Gasteiger partial charge in [-0.05, 0) is 32.4 Å². The maximum absolute atomic E-state index is 11.3. The summed E-state index contributed by atoms with van der Waals surface area (Å²) in [7, 11) is 0. The summed E-state index contributed by atoms with van der Waals surface area (Å²) in [5, 5.41) is 4.14. The fourth-order valence-corrected chi connectivity index (χ4v) is 2.59. The van der Waals surface area contributed by atoms with E-state index in [9.17, 15) is 4.79 Å². The van der Waals surface area contributed by atoms with Gasteiger partial charge in [0.25, 0.3) is 0 Å². The van der Waals surface area contributed by atoms with Crippen molar-refractivity contribution in [2.24, 2.45) is 0 Å². The monoisotopic (exact) mass is 278 g/mol. The van der Waals surface area contributed by atoms with Crippen LogP contribution in [0.15, 0.2) is 24.3 Å². The highest BCUT2D eigenvalue weighted by Gasteiger charge is 2.06. The Kier molecular flexibility index (Phi) is 4.74. The van der Waals surface area contributed by atoms with Gasteiger partial charge in [0.2, 0.25) is 0 Å². The van der Waals surface area contributed by atoms with Crippen molar-refractivity contribution >= 4 is 32.7 Å². The highest BCUT2D eigenvalue weighted by molar-refractivity contribution is 7.22. The van der Waals surface area contributed by atoms with Crippen LogP contribution < -0.4 is 5.32 Å². The van der Waals surface area contributed by atoms with Crippen molar-refractivity contribution in [3.05, 3.63) is 24.3 Å². The summed E-state index contributed by atoms with van der Waals surface area (Å²) in [4.78, 5) is 15.8. The number of aromatic nitrogens is 1. The first kappa shape index (κ1) is 13.8. The molecule has 1 aromatic carbocycles. The molecule has 0 atom stereocenters. The smallest absolute Gasteiger partial charge is 0.306 e. The van der Waals surface area contributed by atoms with E-state index < -0.39 is 0 Å². The van der Waals surface area contributed by atoms with Crippen molar-refractivity contribution < 1.29 is 9.53 Å². The van der Waals surface area contributed by atoms with Crippen LogP contribution in [0, 0.1) is 0 Å². The minimum Gasteiger partial charge on any atom is -0.463 e. The molecule has 0 amide bonds. The number of hydrogen-bond acceptors (Lipinski definition) is 5. The lowest BCUT2D eigenvalue weighted by atomic mass is 10.3. The Labute approximate surface area is 116 Å². The van der Waals surface area contributed by atoms with E-state index in [-0.39, 0.29) is 12.1 Å². The number of rotatable bonds is 6. The molecule has 4 nitrogen and oxygen atoms in total. The molecule has 0 saturated heterocycles. The summed E-state index contributed by atoms with van der Waals surface area (Å²) in [6.07, 6.45) is 1.15. The Morgan fingerprint density at radius 3 is 2.95 bits per heavy atom. The van der Waals surface area contributed by atoms with Crippen molar-refractivity contribution in [1.82, 2.24) is 4.98 Å². The summed E-state index contributed by atoms with van der Waals surface area (Å²) in [5.74, 6) is -0.138. The standard InChI is InChI=1S/C14H18N2O2S/c1-10(2)18-13(17)8-5-9-15-14-16-11-6-3-4-7-12(11)19-14/h3-4,6-7,10H,5,8-9H2,1-2H3,(H,15,16). The molecule has 1 heterocycles. The summed E-state index contributed by atoms with van der Waals surface area (Å²) in [5.41, 5.74) is 1.01. The van der Waals surface area contributed by atoms with Crippen molar-refractivity contribution in [3.8, 4) is 0 Å². The van der Waals surface area contributed by atoms with Crippen molar-refractivity contribution in [2.75, 3.05) is 11.9 Å². The van der Waals surface area contributed by atoms with E-state index in [1.807, 2.05) is 32.0 Å². The van der Waals surface area contributed by atoms with Crippen molar-refractivity contribution in [2.45, 2.75) is 32.8 Å². The number of esters is 1. The van der Waals surface area contributed by atoms with Gasteiger partial charge >= 0.3 is 5.97 Å². The number of carbonyl (C=O) groups is 1. The van der Waals surface area contributed by atoms with Gasteiger partial charge in [-0.1, -0.05) is 23.5 Å². The highest BCUT2D eigenvalue weighted by Crippen LogP contribution is 2.25. The van der Waals surface area contributed by atoms with Crippen LogP contribution in [0.1, 0.15) is 26.7 Å². The SMILES string of the molecule is CC(C)OC(=O)CCCNc1nc2ccccc2s1. The second-order valence-corrected chi connectivity index (χ2v) is 5.59. The first-order chi connectivity index (χ1) is 9.15. The van der Waals surface area contributed by atoms with Gasteiger partial charge in [-0.3, -0.25) is 4.79 Å². The van der Waals surface area contributed by atoms with Crippen molar-refractivity contribution in [1.29, 1.82) is 0 Å². The normalized spacial score (nSPS) is 10.9. The van der Waals surface area contributed by atoms with Gasteiger partial charge in [0.1, 0.15) is 0 Å². The van der Waals surface area contributed by atoms with Crippen LogP contribution in [0.3, 0.4) is 0 Å².